The number of amides is 1. The number of aryl methyl sites for hydroxylation is 1. The summed E-state index contributed by atoms with van der Waals surface area (Å²) in [6, 6.07) is 0.370. The number of nitrogens with one attached hydrogen (secondary N) is 2. The van der Waals surface area contributed by atoms with Crippen molar-refractivity contribution in [3.8, 4) is 11.3 Å². The van der Waals surface area contributed by atoms with Gasteiger partial charge in [0.05, 0.1) is 17.5 Å². The standard InChI is InChI=1S/C18H24N6O/c1-10-12-8-20-18(25)15(12)16(11-7-21-24(2)9-11)23-17(10)22-14-6-4-3-5-13(14)19/h7,9,13-14H,3-6,8,19H2,1-2H3,(H,20,25)(H,22,23). The van der Waals surface area contributed by atoms with E-state index in [1.165, 1.54) is 12.8 Å². The first-order chi connectivity index (χ1) is 12.0. The van der Waals surface area contributed by atoms with Crippen LogP contribution < -0.4 is 16.4 Å². The maximum atomic E-state index is 12.4. The molecule has 2 atom stereocenters. The summed E-state index contributed by atoms with van der Waals surface area (Å²) in [5, 5.41) is 10.7. The highest BCUT2D eigenvalue weighted by Crippen LogP contribution is 2.34. The first-order valence-electron chi connectivity index (χ1n) is 8.87. The summed E-state index contributed by atoms with van der Waals surface area (Å²) in [5.41, 5.74) is 10.6. The number of pyridine rings is 1. The Balaban J connectivity index is 1.79. The summed E-state index contributed by atoms with van der Waals surface area (Å²) in [7, 11) is 1.86. The van der Waals surface area contributed by atoms with Crippen LogP contribution in [0.15, 0.2) is 12.4 Å². The molecule has 0 aromatic carbocycles. The molecule has 4 rings (SSSR count). The van der Waals surface area contributed by atoms with Crippen LogP contribution in [-0.4, -0.2) is 32.8 Å². The number of rotatable bonds is 3. The second kappa shape index (κ2) is 6.15. The Morgan fingerprint density at radius 3 is 2.88 bits per heavy atom. The van der Waals surface area contributed by atoms with Gasteiger partial charge in [-0.05, 0) is 30.9 Å². The van der Waals surface area contributed by atoms with Crippen molar-refractivity contribution in [2.24, 2.45) is 12.8 Å². The molecule has 0 radical (unpaired) electrons. The van der Waals surface area contributed by atoms with E-state index in [0.717, 1.165) is 35.3 Å². The predicted molar refractivity (Wildman–Crippen MR) is 96.2 cm³/mol. The first-order valence-corrected chi connectivity index (χ1v) is 8.87. The molecule has 0 spiro atoms. The summed E-state index contributed by atoms with van der Waals surface area (Å²) in [4.78, 5) is 17.2. The number of carbonyl (C=O) groups excluding carboxylic acids is 1. The third-order valence-electron chi connectivity index (χ3n) is 5.34. The fraction of sp³-hybridized carbons (Fsp3) is 0.500. The van der Waals surface area contributed by atoms with Gasteiger partial charge >= 0.3 is 0 Å². The largest absolute Gasteiger partial charge is 0.366 e. The van der Waals surface area contributed by atoms with E-state index in [-0.39, 0.29) is 18.0 Å². The van der Waals surface area contributed by atoms with E-state index >= 15 is 0 Å². The van der Waals surface area contributed by atoms with Crippen molar-refractivity contribution < 1.29 is 4.79 Å². The number of nitrogens with zero attached hydrogens (tertiary/aromatic N) is 3. The zero-order chi connectivity index (χ0) is 17.6. The number of fused-ring (bicyclic) bond motifs is 1. The highest BCUT2D eigenvalue weighted by atomic mass is 16.1. The summed E-state index contributed by atoms with van der Waals surface area (Å²) < 4.78 is 1.72. The van der Waals surface area contributed by atoms with E-state index < -0.39 is 0 Å². The number of hydrogen-bond donors (Lipinski definition) is 3. The van der Waals surface area contributed by atoms with E-state index in [9.17, 15) is 4.79 Å². The van der Waals surface area contributed by atoms with Crippen molar-refractivity contribution in [3.63, 3.8) is 0 Å². The van der Waals surface area contributed by atoms with Crippen molar-refractivity contribution >= 4 is 11.7 Å². The minimum absolute atomic E-state index is 0.0645. The Hall–Kier alpha value is -2.41. The Morgan fingerprint density at radius 2 is 2.16 bits per heavy atom. The number of hydrogen-bond acceptors (Lipinski definition) is 5. The van der Waals surface area contributed by atoms with Crippen LogP contribution in [0.5, 0.6) is 0 Å². The Labute approximate surface area is 147 Å². The highest BCUT2D eigenvalue weighted by Gasteiger charge is 2.30. The number of carbonyl (C=O) groups is 1. The molecule has 2 unspecified atom stereocenters. The quantitative estimate of drug-likeness (QED) is 0.790. The van der Waals surface area contributed by atoms with Crippen LogP contribution in [0.3, 0.4) is 0 Å². The predicted octanol–water partition coefficient (Wildman–Crippen LogP) is 1.72. The average molecular weight is 340 g/mol. The third-order valence-corrected chi connectivity index (χ3v) is 5.34. The Bertz CT molecular complexity index is 827. The summed E-state index contributed by atoms with van der Waals surface area (Å²) in [6.07, 6.45) is 8.11. The van der Waals surface area contributed by atoms with E-state index in [4.69, 9.17) is 10.7 Å². The van der Waals surface area contributed by atoms with E-state index in [1.54, 1.807) is 10.9 Å². The normalized spacial score (nSPS) is 22.6. The lowest BCUT2D eigenvalue weighted by atomic mass is 9.90. The lowest BCUT2D eigenvalue weighted by Crippen LogP contribution is -2.43. The molecule has 4 N–H and O–H groups in total. The molecule has 0 bridgehead atoms. The molecule has 1 amide bonds. The van der Waals surface area contributed by atoms with Crippen molar-refractivity contribution in [3.05, 3.63) is 29.1 Å². The molecule has 1 aliphatic heterocycles. The molecule has 25 heavy (non-hydrogen) atoms. The molecule has 0 saturated heterocycles. The lowest BCUT2D eigenvalue weighted by Gasteiger charge is -2.30. The number of anilines is 1. The number of aromatic nitrogens is 3. The minimum atomic E-state index is -0.0645. The van der Waals surface area contributed by atoms with E-state index in [0.29, 0.717) is 17.8 Å². The van der Waals surface area contributed by atoms with Gasteiger partial charge in [0.1, 0.15) is 5.82 Å². The van der Waals surface area contributed by atoms with Crippen molar-refractivity contribution in [2.45, 2.75) is 51.2 Å². The second-order valence-electron chi connectivity index (χ2n) is 7.07. The molecule has 1 aliphatic carbocycles. The second-order valence-corrected chi connectivity index (χ2v) is 7.07. The Morgan fingerprint density at radius 1 is 1.36 bits per heavy atom. The van der Waals surface area contributed by atoms with Gasteiger partial charge in [-0.1, -0.05) is 12.8 Å². The molecule has 1 saturated carbocycles. The molecule has 7 heteroatoms. The molecule has 3 heterocycles. The third kappa shape index (κ3) is 2.78. The van der Waals surface area contributed by atoms with E-state index in [1.807, 2.05) is 20.2 Å². The van der Waals surface area contributed by atoms with Crippen LogP contribution in [0.2, 0.25) is 0 Å². The average Bonchev–Trinajstić information content (AvgIpc) is 3.19. The monoisotopic (exact) mass is 340 g/mol. The van der Waals surface area contributed by atoms with Gasteiger partial charge in [-0.25, -0.2) is 4.98 Å². The van der Waals surface area contributed by atoms with Crippen molar-refractivity contribution in [1.82, 2.24) is 20.1 Å². The van der Waals surface area contributed by atoms with Gasteiger partial charge < -0.3 is 16.4 Å². The molecule has 7 nitrogen and oxygen atoms in total. The SMILES string of the molecule is Cc1c(NC2CCCCC2N)nc(-c2cnn(C)c2)c2c1CNC2=O. The highest BCUT2D eigenvalue weighted by molar-refractivity contribution is 6.04. The van der Waals surface area contributed by atoms with Gasteiger partial charge in [0, 0.05) is 37.4 Å². The van der Waals surface area contributed by atoms with Gasteiger partial charge in [-0.15, -0.1) is 0 Å². The first kappa shape index (κ1) is 16.1. The van der Waals surface area contributed by atoms with Crippen LogP contribution in [0.1, 0.15) is 47.2 Å². The zero-order valence-corrected chi connectivity index (χ0v) is 14.7. The smallest absolute Gasteiger partial charge is 0.254 e. The van der Waals surface area contributed by atoms with E-state index in [2.05, 4.69) is 15.7 Å². The summed E-state index contributed by atoms with van der Waals surface area (Å²) >= 11 is 0. The van der Waals surface area contributed by atoms with Crippen molar-refractivity contribution in [1.29, 1.82) is 0 Å². The molecular formula is C18H24N6O. The van der Waals surface area contributed by atoms with Crippen LogP contribution >= 0.6 is 0 Å². The molecule has 1 fully saturated rings. The molecule has 2 aromatic rings. The van der Waals surface area contributed by atoms with Gasteiger partial charge in [0.25, 0.3) is 5.91 Å². The zero-order valence-electron chi connectivity index (χ0n) is 14.7. The summed E-state index contributed by atoms with van der Waals surface area (Å²) in [6.45, 7) is 2.57. The van der Waals surface area contributed by atoms with Crippen LogP contribution in [-0.2, 0) is 13.6 Å². The topological polar surface area (TPSA) is 97.9 Å². The van der Waals surface area contributed by atoms with Gasteiger partial charge in [-0.3, -0.25) is 9.48 Å². The van der Waals surface area contributed by atoms with Crippen LogP contribution in [0.25, 0.3) is 11.3 Å². The molecule has 132 valence electrons. The lowest BCUT2D eigenvalue weighted by molar-refractivity contribution is 0.0966. The number of nitrogens with two attached hydrogens (primary N) is 1. The van der Waals surface area contributed by atoms with Gasteiger partial charge in [-0.2, -0.15) is 5.10 Å². The maximum absolute atomic E-state index is 12.4. The van der Waals surface area contributed by atoms with Crippen LogP contribution in [0, 0.1) is 6.92 Å². The fourth-order valence-corrected chi connectivity index (χ4v) is 3.85. The molecule has 2 aromatic heterocycles. The van der Waals surface area contributed by atoms with Gasteiger partial charge in [0.15, 0.2) is 0 Å². The van der Waals surface area contributed by atoms with Crippen molar-refractivity contribution in [2.75, 3.05) is 5.32 Å². The fourth-order valence-electron chi connectivity index (χ4n) is 3.85. The maximum Gasteiger partial charge on any atom is 0.254 e. The Kier molecular flexibility index (Phi) is 3.95. The molecule has 2 aliphatic rings. The molecular weight excluding hydrogens is 316 g/mol. The summed E-state index contributed by atoms with van der Waals surface area (Å²) in [5.74, 6) is 0.766. The van der Waals surface area contributed by atoms with Gasteiger partial charge in [0.2, 0.25) is 0 Å². The van der Waals surface area contributed by atoms with Crippen LogP contribution in [0.4, 0.5) is 5.82 Å². The minimum Gasteiger partial charge on any atom is -0.366 e.